The van der Waals surface area contributed by atoms with E-state index in [2.05, 4.69) is 10.3 Å². The number of hydrogen-bond acceptors (Lipinski definition) is 8. The van der Waals surface area contributed by atoms with Gasteiger partial charge in [0.15, 0.2) is 15.5 Å². The van der Waals surface area contributed by atoms with E-state index in [-0.39, 0.29) is 34.6 Å². The molecule has 0 atom stereocenters. The fraction of sp³-hybridized carbons (Fsp3) is 0.190. The zero-order valence-electron chi connectivity index (χ0n) is 17.2. The van der Waals surface area contributed by atoms with E-state index >= 15 is 0 Å². The fourth-order valence-electron chi connectivity index (χ4n) is 2.98. The summed E-state index contributed by atoms with van der Waals surface area (Å²) < 4.78 is 36.8. The van der Waals surface area contributed by atoms with Crippen LogP contribution >= 0.6 is 11.3 Å². The van der Waals surface area contributed by atoms with Gasteiger partial charge >= 0.3 is 0 Å². The van der Waals surface area contributed by atoms with Crippen LogP contribution in [0, 0.1) is 6.92 Å². The lowest BCUT2D eigenvalue weighted by Gasteiger charge is -2.14. The minimum atomic E-state index is -3.49. The number of aromatic nitrogens is 2. The molecule has 166 valence electrons. The first-order valence-electron chi connectivity index (χ1n) is 9.61. The smallest absolute Gasteiger partial charge is 0.287 e. The van der Waals surface area contributed by atoms with Crippen LogP contribution in [0.15, 0.2) is 62.1 Å². The van der Waals surface area contributed by atoms with Crippen LogP contribution in [-0.4, -0.2) is 29.6 Å². The Kier molecular flexibility index (Phi) is 5.85. The van der Waals surface area contributed by atoms with Crippen molar-refractivity contribution in [1.82, 2.24) is 9.56 Å². The topological polar surface area (TPSA) is 120 Å². The fourth-order valence-corrected chi connectivity index (χ4v) is 4.51. The largest absolute Gasteiger partial charge is 0.485 e. The highest BCUT2D eigenvalue weighted by Gasteiger charge is 2.18. The van der Waals surface area contributed by atoms with Gasteiger partial charge in [-0.05, 0) is 36.6 Å². The van der Waals surface area contributed by atoms with Crippen LogP contribution < -0.4 is 15.6 Å². The van der Waals surface area contributed by atoms with E-state index in [9.17, 15) is 18.0 Å². The zero-order valence-corrected chi connectivity index (χ0v) is 18.8. The summed E-state index contributed by atoms with van der Waals surface area (Å²) in [7, 11) is -3.49. The number of nitrogens with one attached hydrogen (secondary N) is 1. The van der Waals surface area contributed by atoms with E-state index in [1.54, 1.807) is 37.4 Å². The molecule has 1 aromatic carbocycles. The SMILES string of the molecule is CCS(=O)(=O)c1ccc(OCc2cc(=O)n3oc(C)cc3n2)c(NC(=O)c2cccs2)c1. The summed E-state index contributed by atoms with van der Waals surface area (Å²) in [4.78, 5) is 29.6. The Balaban J connectivity index is 1.65. The molecular weight excluding hydrogens is 454 g/mol. The molecule has 3 aromatic heterocycles. The molecule has 32 heavy (non-hydrogen) atoms. The molecule has 0 aliphatic heterocycles. The Morgan fingerprint density at radius 2 is 2.06 bits per heavy atom. The number of sulfone groups is 1. The molecule has 0 fully saturated rings. The molecule has 9 nitrogen and oxygen atoms in total. The minimum Gasteiger partial charge on any atom is -0.485 e. The van der Waals surface area contributed by atoms with E-state index in [1.807, 2.05) is 0 Å². The van der Waals surface area contributed by atoms with Crippen LogP contribution in [0.2, 0.25) is 0 Å². The average Bonchev–Trinajstić information content (AvgIpc) is 3.42. The molecule has 0 saturated carbocycles. The van der Waals surface area contributed by atoms with E-state index in [0.717, 1.165) is 4.57 Å². The normalized spacial score (nSPS) is 11.6. The second-order valence-electron chi connectivity index (χ2n) is 6.87. The number of hydrogen-bond donors (Lipinski definition) is 1. The van der Waals surface area contributed by atoms with Gasteiger partial charge in [0.2, 0.25) is 0 Å². The van der Waals surface area contributed by atoms with Crippen molar-refractivity contribution in [3.05, 3.63) is 74.5 Å². The third-order valence-electron chi connectivity index (χ3n) is 4.58. The van der Waals surface area contributed by atoms with Gasteiger partial charge in [0, 0.05) is 12.1 Å². The van der Waals surface area contributed by atoms with Crippen molar-refractivity contribution < 1.29 is 22.5 Å². The van der Waals surface area contributed by atoms with Crippen molar-refractivity contribution in [3.8, 4) is 5.75 Å². The highest BCUT2D eigenvalue weighted by Crippen LogP contribution is 2.30. The first-order valence-corrected chi connectivity index (χ1v) is 12.1. The molecule has 0 aliphatic rings. The van der Waals surface area contributed by atoms with Crippen molar-refractivity contribution in [2.75, 3.05) is 11.1 Å². The number of carbonyl (C=O) groups excluding carboxylic acids is 1. The lowest BCUT2D eigenvalue weighted by Crippen LogP contribution is -2.15. The predicted octanol–water partition coefficient (Wildman–Crippen LogP) is 3.28. The predicted molar refractivity (Wildman–Crippen MR) is 119 cm³/mol. The Bertz CT molecular complexity index is 1450. The number of anilines is 1. The van der Waals surface area contributed by atoms with Crippen molar-refractivity contribution in [1.29, 1.82) is 0 Å². The number of rotatable bonds is 7. The first-order chi connectivity index (χ1) is 15.3. The molecule has 0 unspecified atom stereocenters. The van der Waals surface area contributed by atoms with Crippen LogP contribution in [-0.2, 0) is 16.4 Å². The van der Waals surface area contributed by atoms with Crippen LogP contribution in [0.1, 0.15) is 28.0 Å². The first kappa shape index (κ1) is 21.8. The molecule has 0 spiro atoms. The Labute approximate surface area is 187 Å². The maximum absolute atomic E-state index is 12.6. The standard InChI is InChI=1S/C21H19N3O6S2/c1-3-32(27,28)15-6-7-17(16(11-15)23-21(26)18-5-4-8-31-18)29-12-14-10-20(25)24-19(22-14)9-13(2)30-24/h4-11H,3,12H2,1-2H3,(H,23,26). The van der Waals surface area contributed by atoms with Gasteiger partial charge in [-0.3, -0.25) is 9.59 Å². The number of nitrogens with zero attached hydrogens (tertiary/aromatic N) is 2. The number of aryl methyl sites for hydroxylation is 1. The highest BCUT2D eigenvalue weighted by molar-refractivity contribution is 7.91. The van der Waals surface area contributed by atoms with E-state index in [4.69, 9.17) is 9.26 Å². The summed E-state index contributed by atoms with van der Waals surface area (Å²) in [5.74, 6) is 0.320. The Hall–Kier alpha value is -3.44. The van der Waals surface area contributed by atoms with E-state index < -0.39 is 15.4 Å². The van der Waals surface area contributed by atoms with Crippen LogP contribution in [0.25, 0.3) is 5.65 Å². The second-order valence-corrected chi connectivity index (χ2v) is 10.1. The van der Waals surface area contributed by atoms with Gasteiger partial charge in [-0.2, -0.15) is 0 Å². The average molecular weight is 474 g/mol. The lowest BCUT2D eigenvalue weighted by molar-refractivity contribution is 0.103. The molecular formula is C21H19N3O6S2. The number of benzene rings is 1. The Morgan fingerprint density at radius 1 is 1.25 bits per heavy atom. The summed E-state index contributed by atoms with van der Waals surface area (Å²) in [5, 5.41) is 4.48. The molecule has 4 rings (SSSR count). The maximum atomic E-state index is 12.6. The molecule has 1 amide bonds. The van der Waals surface area contributed by atoms with Gasteiger partial charge in [0.1, 0.15) is 18.1 Å². The van der Waals surface area contributed by atoms with Gasteiger partial charge in [-0.1, -0.05) is 13.0 Å². The second kappa shape index (κ2) is 8.60. The number of amides is 1. The van der Waals surface area contributed by atoms with Crippen LogP contribution in [0.3, 0.4) is 0 Å². The third kappa shape index (κ3) is 4.43. The van der Waals surface area contributed by atoms with Gasteiger partial charge in [0.25, 0.3) is 11.5 Å². The van der Waals surface area contributed by atoms with Crippen LogP contribution in [0.4, 0.5) is 5.69 Å². The minimum absolute atomic E-state index is 0.0699. The molecule has 11 heteroatoms. The number of carbonyl (C=O) groups is 1. The number of ether oxygens (including phenoxy) is 1. The summed E-state index contributed by atoms with van der Waals surface area (Å²) >= 11 is 1.26. The van der Waals surface area contributed by atoms with Gasteiger partial charge in [-0.25, -0.2) is 13.4 Å². The molecule has 0 bridgehead atoms. The third-order valence-corrected chi connectivity index (χ3v) is 7.18. The monoisotopic (exact) mass is 473 g/mol. The molecule has 0 aliphatic carbocycles. The van der Waals surface area contributed by atoms with Crippen molar-refractivity contribution >= 4 is 38.4 Å². The summed E-state index contributed by atoms with van der Waals surface area (Å²) in [6.07, 6.45) is 0. The summed E-state index contributed by atoms with van der Waals surface area (Å²) in [6.45, 7) is 3.18. The molecule has 1 N–H and O–H groups in total. The zero-order chi connectivity index (χ0) is 22.9. The summed E-state index contributed by atoms with van der Waals surface area (Å²) in [5.41, 5.74) is 0.521. The van der Waals surface area contributed by atoms with Crippen molar-refractivity contribution in [3.63, 3.8) is 0 Å². The van der Waals surface area contributed by atoms with Gasteiger partial charge in [-0.15, -0.1) is 15.9 Å². The highest BCUT2D eigenvalue weighted by atomic mass is 32.2. The molecule has 3 heterocycles. The molecule has 0 saturated heterocycles. The van der Waals surface area contributed by atoms with Crippen molar-refractivity contribution in [2.45, 2.75) is 25.3 Å². The molecule has 0 radical (unpaired) electrons. The maximum Gasteiger partial charge on any atom is 0.287 e. The number of fused-ring (bicyclic) bond motifs is 1. The van der Waals surface area contributed by atoms with Crippen LogP contribution in [0.5, 0.6) is 5.75 Å². The van der Waals surface area contributed by atoms with E-state index in [1.165, 1.54) is 35.6 Å². The summed E-state index contributed by atoms with van der Waals surface area (Å²) in [6, 6.07) is 10.6. The van der Waals surface area contributed by atoms with Gasteiger partial charge in [0.05, 0.1) is 26.9 Å². The quantitative estimate of drug-likeness (QED) is 0.437. The van der Waals surface area contributed by atoms with Gasteiger partial charge < -0.3 is 14.6 Å². The number of thiophene rings is 1. The van der Waals surface area contributed by atoms with E-state index in [0.29, 0.717) is 22.0 Å². The Morgan fingerprint density at radius 3 is 2.78 bits per heavy atom. The van der Waals surface area contributed by atoms with Crippen molar-refractivity contribution in [2.24, 2.45) is 0 Å². The lowest BCUT2D eigenvalue weighted by atomic mass is 10.2. The molecule has 4 aromatic rings.